The van der Waals surface area contributed by atoms with Crippen molar-refractivity contribution in [1.29, 1.82) is 0 Å². The fraction of sp³-hybridized carbons (Fsp3) is 0.350. The van der Waals surface area contributed by atoms with Gasteiger partial charge in [-0.3, -0.25) is 0 Å². The number of imidazole rings is 1. The summed E-state index contributed by atoms with van der Waals surface area (Å²) in [5.74, 6) is 0.126. The van der Waals surface area contributed by atoms with Gasteiger partial charge in [0.05, 0.1) is 5.52 Å². The van der Waals surface area contributed by atoms with Crippen molar-refractivity contribution in [2.75, 3.05) is 5.32 Å². The molecule has 0 aliphatic carbocycles. The number of H-pyrrole nitrogens is 1. The number of aryl methyl sites for hydroxylation is 1. The Morgan fingerprint density at radius 2 is 1.87 bits per heavy atom. The first kappa shape index (κ1) is 20.1. The molecule has 0 saturated carbocycles. The number of aromatic amines is 1. The van der Waals surface area contributed by atoms with Gasteiger partial charge in [-0.1, -0.05) is 0 Å². The van der Waals surface area contributed by atoms with Crippen molar-refractivity contribution >= 4 is 28.0 Å². The third-order valence-corrected chi connectivity index (χ3v) is 5.02. The van der Waals surface area contributed by atoms with Gasteiger partial charge in [0, 0.05) is 29.4 Å². The van der Waals surface area contributed by atoms with Crippen molar-refractivity contribution in [3.63, 3.8) is 0 Å². The highest BCUT2D eigenvalue weighted by Gasteiger charge is 2.36. The van der Waals surface area contributed by atoms with Gasteiger partial charge < -0.3 is 14.9 Å². The Morgan fingerprint density at radius 3 is 2.53 bits per heavy atom. The highest BCUT2D eigenvalue weighted by molar-refractivity contribution is 5.96. The topological polar surface area (TPSA) is 71.4 Å². The Bertz CT molecular complexity index is 1240. The first-order valence-corrected chi connectivity index (χ1v) is 9.42. The Morgan fingerprint density at radius 1 is 1.13 bits per heavy atom. The molecule has 0 spiro atoms. The smallest absolute Gasteiger partial charge is 0.345 e. The lowest BCUT2D eigenvalue weighted by Crippen LogP contribution is -2.33. The average molecular weight is 420 g/mol. The van der Waals surface area contributed by atoms with Gasteiger partial charge in [-0.05, 0) is 45.4 Å². The summed E-state index contributed by atoms with van der Waals surface area (Å²) in [5.41, 5.74) is 2.57. The van der Waals surface area contributed by atoms with Crippen LogP contribution in [0.1, 0.15) is 32.6 Å². The summed E-state index contributed by atoms with van der Waals surface area (Å²) < 4.78 is 55.0. The van der Waals surface area contributed by atoms with Crippen LogP contribution in [0.3, 0.4) is 0 Å². The van der Waals surface area contributed by atoms with Crippen LogP contribution in [0, 0.1) is 12.7 Å². The third kappa shape index (κ3) is 3.35. The predicted molar refractivity (Wildman–Crippen MR) is 107 cm³/mol. The second kappa shape index (κ2) is 6.96. The lowest BCUT2D eigenvalue weighted by molar-refractivity contribution is -0.138. The zero-order valence-electron chi connectivity index (χ0n) is 16.8. The Kier molecular flexibility index (Phi) is 4.67. The molecule has 0 bridgehead atoms. The van der Waals surface area contributed by atoms with Gasteiger partial charge in [-0.2, -0.15) is 18.2 Å². The Hall–Kier alpha value is -3.17. The maximum absolute atomic E-state index is 14.8. The van der Waals surface area contributed by atoms with Gasteiger partial charge in [0.25, 0.3) is 0 Å². The molecule has 1 atom stereocenters. The molecule has 0 saturated heterocycles. The molecule has 0 aliphatic heterocycles. The van der Waals surface area contributed by atoms with Gasteiger partial charge >= 0.3 is 6.18 Å². The molecule has 0 radical (unpaired) electrons. The number of aromatic nitrogens is 5. The number of hydrogen-bond donors (Lipinski definition) is 2. The minimum atomic E-state index is -4.41. The number of nitrogens with one attached hydrogen (secondary N) is 2. The van der Waals surface area contributed by atoms with Crippen molar-refractivity contribution in [2.45, 2.75) is 46.0 Å². The molecule has 4 aromatic rings. The minimum Gasteiger partial charge on any atom is -0.345 e. The van der Waals surface area contributed by atoms with E-state index in [1.165, 1.54) is 12.3 Å². The largest absolute Gasteiger partial charge is 0.408 e. The molecule has 4 rings (SSSR count). The molecule has 0 aliphatic rings. The standard InChI is InChI=1S/C20H20F4N6/c1-9(2)30-11(4)28-17-15(21)5-12(6-16(17)30)13-7-25-18-14(13)8-26-19(29-18)27-10(3)20(22,23)24/h5-10H,1-4H3,(H2,25,26,27,29)/t10-/m0/s1. The second-order valence-corrected chi connectivity index (χ2v) is 7.51. The Balaban J connectivity index is 1.78. The van der Waals surface area contributed by atoms with Crippen LogP contribution < -0.4 is 5.32 Å². The van der Waals surface area contributed by atoms with Gasteiger partial charge in [0.1, 0.15) is 23.0 Å². The summed E-state index contributed by atoms with van der Waals surface area (Å²) in [4.78, 5) is 15.4. The van der Waals surface area contributed by atoms with Gasteiger partial charge in [-0.15, -0.1) is 0 Å². The molecule has 1 aromatic carbocycles. The van der Waals surface area contributed by atoms with E-state index in [-0.39, 0.29) is 12.0 Å². The van der Waals surface area contributed by atoms with Crippen LogP contribution in [0.15, 0.2) is 24.5 Å². The third-order valence-electron chi connectivity index (χ3n) is 5.02. The molecule has 2 N–H and O–H groups in total. The number of alkyl halides is 3. The van der Waals surface area contributed by atoms with Crippen molar-refractivity contribution in [3.05, 3.63) is 36.2 Å². The predicted octanol–water partition coefficient (Wildman–Crippen LogP) is 5.37. The maximum Gasteiger partial charge on any atom is 0.408 e. The van der Waals surface area contributed by atoms with Gasteiger partial charge in [0.2, 0.25) is 5.95 Å². The number of fused-ring (bicyclic) bond motifs is 2. The Labute approximate surface area is 169 Å². The first-order chi connectivity index (χ1) is 14.1. The van der Waals surface area contributed by atoms with Crippen LogP contribution in [-0.2, 0) is 0 Å². The monoisotopic (exact) mass is 420 g/mol. The molecule has 10 heteroatoms. The van der Waals surface area contributed by atoms with E-state index in [0.29, 0.717) is 39.0 Å². The van der Waals surface area contributed by atoms with E-state index < -0.39 is 18.0 Å². The molecular weight excluding hydrogens is 400 g/mol. The summed E-state index contributed by atoms with van der Waals surface area (Å²) in [6, 6.07) is 1.54. The zero-order chi connectivity index (χ0) is 21.8. The van der Waals surface area contributed by atoms with E-state index in [2.05, 4.69) is 25.3 Å². The van der Waals surface area contributed by atoms with E-state index in [9.17, 15) is 17.6 Å². The van der Waals surface area contributed by atoms with E-state index >= 15 is 0 Å². The van der Waals surface area contributed by atoms with Gasteiger partial charge in [-0.25, -0.2) is 14.4 Å². The van der Waals surface area contributed by atoms with Crippen molar-refractivity contribution in [1.82, 2.24) is 24.5 Å². The fourth-order valence-electron chi connectivity index (χ4n) is 3.57. The van der Waals surface area contributed by atoms with E-state index in [1.54, 1.807) is 6.20 Å². The van der Waals surface area contributed by atoms with E-state index in [0.717, 1.165) is 6.92 Å². The van der Waals surface area contributed by atoms with E-state index in [4.69, 9.17) is 0 Å². The second-order valence-electron chi connectivity index (χ2n) is 7.51. The van der Waals surface area contributed by atoms with E-state index in [1.807, 2.05) is 31.4 Å². The number of halogens is 4. The van der Waals surface area contributed by atoms with Crippen LogP contribution >= 0.6 is 0 Å². The van der Waals surface area contributed by atoms with Crippen LogP contribution in [0.5, 0.6) is 0 Å². The van der Waals surface area contributed by atoms with Crippen LogP contribution in [-0.4, -0.2) is 36.7 Å². The SMILES string of the molecule is Cc1nc2c(F)cc(-c3c[nH]c4nc(N[C@@H](C)C(F)(F)F)ncc34)cc2n1C(C)C. The fourth-order valence-corrected chi connectivity index (χ4v) is 3.57. The van der Waals surface area contributed by atoms with Crippen molar-refractivity contribution < 1.29 is 17.6 Å². The quantitative estimate of drug-likeness (QED) is 0.436. The molecule has 0 fully saturated rings. The maximum atomic E-state index is 14.8. The number of hydrogen-bond acceptors (Lipinski definition) is 4. The molecule has 0 amide bonds. The number of anilines is 1. The molecular formula is C20H20F4N6. The lowest BCUT2D eigenvalue weighted by Gasteiger charge is -2.16. The summed E-state index contributed by atoms with van der Waals surface area (Å²) in [6.45, 7) is 6.81. The average Bonchev–Trinajstić information content (AvgIpc) is 3.21. The number of benzene rings is 1. The highest BCUT2D eigenvalue weighted by Crippen LogP contribution is 2.33. The summed E-state index contributed by atoms with van der Waals surface area (Å²) in [7, 11) is 0. The lowest BCUT2D eigenvalue weighted by atomic mass is 10.1. The first-order valence-electron chi connectivity index (χ1n) is 9.42. The van der Waals surface area contributed by atoms with Gasteiger partial charge in [0.15, 0.2) is 5.82 Å². The van der Waals surface area contributed by atoms with Crippen LogP contribution in [0.25, 0.3) is 33.2 Å². The molecule has 3 aromatic heterocycles. The molecule has 158 valence electrons. The summed E-state index contributed by atoms with van der Waals surface area (Å²) >= 11 is 0. The van der Waals surface area contributed by atoms with Crippen LogP contribution in [0.2, 0.25) is 0 Å². The summed E-state index contributed by atoms with van der Waals surface area (Å²) in [5, 5.41) is 2.82. The number of nitrogens with zero attached hydrogens (tertiary/aromatic N) is 4. The van der Waals surface area contributed by atoms with Crippen LogP contribution in [0.4, 0.5) is 23.5 Å². The minimum absolute atomic E-state index is 0.0974. The molecule has 3 heterocycles. The molecule has 30 heavy (non-hydrogen) atoms. The zero-order valence-corrected chi connectivity index (χ0v) is 16.8. The number of rotatable bonds is 4. The van der Waals surface area contributed by atoms with Crippen molar-refractivity contribution in [3.8, 4) is 11.1 Å². The summed E-state index contributed by atoms with van der Waals surface area (Å²) in [6.07, 6.45) is -1.35. The van der Waals surface area contributed by atoms with Crippen molar-refractivity contribution in [2.24, 2.45) is 0 Å². The molecule has 6 nitrogen and oxygen atoms in total. The normalized spacial score (nSPS) is 13.5. The highest BCUT2D eigenvalue weighted by atomic mass is 19.4. The molecule has 0 unspecified atom stereocenters.